The zero-order valence-electron chi connectivity index (χ0n) is 10.5. The van der Waals surface area contributed by atoms with Gasteiger partial charge in [0.25, 0.3) is 5.91 Å². The number of aryl methyl sites for hydroxylation is 1. The fourth-order valence-corrected chi connectivity index (χ4v) is 2.52. The van der Waals surface area contributed by atoms with Gasteiger partial charge < -0.3 is 11.1 Å². The molecule has 5 heteroatoms. The molecule has 0 aliphatic rings. The molecule has 1 heterocycles. The van der Waals surface area contributed by atoms with Crippen LogP contribution in [0.1, 0.15) is 20.8 Å². The summed E-state index contributed by atoms with van der Waals surface area (Å²) in [6.45, 7) is 1.90. The molecule has 0 atom stereocenters. The predicted octanol–water partition coefficient (Wildman–Crippen LogP) is 2.34. The molecule has 3 N–H and O–H groups in total. The number of anilines is 1. The van der Waals surface area contributed by atoms with Crippen LogP contribution in [0.25, 0.3) is 0 Å². The van der Waals surface area contributed by atoms with Crippen LogP contribution in [0.2, 0.25) is 0 Å². The molecule has 1 aromatic heterocycles. The van der Waals surface area contributed by atoms with Crippen LogP contribution in [0.4, 0.5) is 5.69 Å². The minimum absolute atomic E-state index is 0.116. The van der Waals surface area contributed by atoms with Crippen LogP contribution in [0.3, 0.4) is 0 Å². The number of primary amides is 1. The number of hydrogen-bond acceptors (Lipinski definition) is 3. The first-order chi connectivity index (χ1) is 9.06. The second-order valence-electron chi connectivity index (χ2n) is 4.23. The first-order valence-corrected chi connectivity index (χ1v) is 6.67. The summed E-state index contributed by atoms with van der Waals surface area (Å²) in [5, 5.41) is 4.71. The van der Waals surface area contributed by atoms with Gasteiger partial charge in [0.15, 0.2) is 0 Å². The summed E-state index contributed by atoms with van der Waals surface area (Å²) >= 11 is 1.42. The van der Waals surface area contributed by atoms with Gasteiger partial charge in [0.1, 0.15) is 0 Å². The lowest BCUT2D eigenvalue weighted by Crippen LogP contribution is -2.14. The highest BCUT2D eigenvalue weighted by atomic mass is 32.1. The highest BCUT2D eigenvalue weighted by Crippen LogP contribution is 2.18. The van der Waals surface area contributed by atoms with Crippen molar-refractivity contribution in [3.8, 4) is 0 Å². The minimum atomic E-state index is -0.369. The van der Waals surface area contributed by atoms with Gasteiger partial charge in [-0.05, 0) is 41.6 Å². The molecule has 2 rings (SSSR count). The second kappa shape index (κ2) is 5.67. The number of amides is 2. The standard InChI is InChI=1S/C14H14N2O2S/c1-9-6-7-19-13(9)14(18)16-11-4-2-10(3-5-11)8-12(15)17/h2-7H,8H2,1H3,(H2,15,17)(H,16,18). The number of thiophene rings is 1. The first-order valence-electron chi connectivity index (χ1n) is 5.79. The maximum Gasteiger partial charge on any atom is 0.265 e. The quantitative estimate of drug-likeness (QED) is 0.898. The van der Waals surface area contributed by atoms with E-state index in [9.17, 15) is 9.59 Å². The average molecular weight is 274 g/mol. The lowest BCUT2D eigenvalue weighted by atomic mass is 10.1. The van der Waals surface area contributed by atoms with E-state index in [0.29, 0.717) is 10.6 Å². The van der Waals surface area contributed by atoms with Gasteiger partial charge in [0.2, 0.25) is 5.91 Å². The number of nitrogens with one attached hydrogen (secondary N) is 1. The molecular formula is C14H14N2O2S. The van der Waals surface area contributed by atoms with Crippen molar-refractivity contribution < 1.29 is 9.59 Å². The maximum atomic E-state index is 12.0. The highest BCUT2D eigenvalue weighted by Gasteiger charge is 2.10. The van der Waals surface area contributed by atoms with Crippen LogP contribution < -0.4 is 11.1 Å². The summed E-state index contributed by atoms with van der Waals surface area (Å²) < 4.78 is 0. The highest BCUT2D eigenvalue weighted by molar-refractivity contribution is 7.12. The normalized spacial score (nSPS) is 10.2. The molecule has 98 valence electrons. The zero-order chi connectivity index (χ0) is 13.8. The van der Waals surface area contributed by atoms with E-state index in [2.05, 4.69) is 5.32 Å². The lowest BCUT2D eigenvalue weighted by Gasteiger charge is -2.05. The van der Waals surface area contributed by atoms with Gasteiger partial charge in [0.05, 0.1) is 11.3 Å². The van der Waals surface area contributed by atoms with Crippen LogP contribution in [-0.2, 0) is 11.2 Å². The Labute approximate surface area is 115 Å². The summed E-state index contributed by atoms with van der Waals surface area (Å²) in [7, 11) is 0. The fraction of sp³-hybridized carbons (Fsp3) is 0.143. The summed E-state index contributed by atoms with van der Waals surface area (Å²) in [6, 6.07) is 9.00. The van der Waals surface area contributed by atoms with E-state index in [1.54, 1.807) is 24.3 Å². The summed E-state index contributed by atoms with van der Waals surface area (Å²) in [4.78, 5) is 23.5. The Morgan fingerprint density at radius 2 is 1.89 bits per heavy atom. The maximum absolute atomic E-state index is 12.0. The molecule has 0 spiro atoms. The molecular weight excluding hydrogens is 260 g/mol. The van der Waals surface area contributed by atoms with Crippen LogP contribution in [0.5, 0.6) is 0 Å². The number of hydrogen-bond donors (Lipinski definition) is 2. The second-order valence-corrected chi connectivity index (χ2v) is 5.14. The summed E-state index contributed by atoms with van der Waals surface area (Å²) in [5.41, 5.74) is 7.61. The summed E-state index contributed by atoms with van der Waals surface area (Å²) in [6.07, 6.45) is 0.207. The van der Waals surface area contributed by atoms with E-state index in [1.807, 2.05) is 18.4 Å². The van der Waals surface area contributed by atoms with Gasteiger partial charge in [-0.2, -0.15) is 0 Å². The molecule has 2 amide bonds. The Kier molecular flexibility index (Phi) is 3.97. The molecule has 0 bridgehead atoms. The van der Waals surface area contributed by atoms with E-state index in [0.717, 1.165) is 11.1 Å². The van der Waals surface area contributed by atoms with Crippen molar-refractivity contribution in [2.24, 2.45) is 5.73 Å². The molecule has 0 saturated heterocycles. The van der Waals surface area contributed by atoms with Gasteiger partial charge in [0, 0.05) is 5.69 Å². The Balaban J connectivity index is 2.06. The van der Waals surface area contributed by atoms with Crippen molar-refractivity contribution in [1.82, 2.24) is 0 Å². The molecule has 4 nitrogen and oxygen atoms in total. The first kappa shape index (κ1) is 13.3. The molecule has 1 aromatic carbocycles. The van der Waals surface area contributed by atoms with Gasteiger partial charge in [-0.15, -0.1) is 11.3 Å². The van der Waals surface area contributed by atoms with Crippen LogP contribution in [0.15, 0.2) is 35.7 Å². The third kappa shape index (κ3) is 3.42. The smallest absolute Gasteiger partial charge is 0.265 e. The third-order valence-electron chi connectivity index (χ3n) is 2.66. The Hall–Kier alpha value is -2.14. The summed E-state index contributed by atoms with van der Waals surface area (Å²) in [5.74, 6) is -0.485. The van der Waals surface area contributed by atoms with E-state index >= 15 is 0 Å². The van der Waals surface area contributed by atoms with Gasteiger partial charge >= 0.3 is 0 Å². The van der Waals surface area contributed by atoms with Crippen molar-refractivity contribution in [2.75, 3.05) is 5.32 Å². The molecule has 0 unspecified atom stereocenters. The Morgan fingerprint density at radius 3 is 2.42 bits per heavy atom. The topological polar surface area (TPSA) is 72.2 Å². The van der Waals surface area contributed by atoms with Crippen molar-refractivity contribution in [2.45, 2.75) is 13.3 Å². The molecule has 0 aliphatic carbocycles. The van der Waals surface area contributed by atoms with E-state index in [1.165, 1.54) is 11.3 Å². The predicted molar refractivity (Wildman–Crippen MR) is 76.3 cm³/mol. The van der Waals surface area contributed by atoms with Crippen molar-refractivity contribution in [1.29, 1.82) is 0 Å². The van der Waals surface area contributed by atoms with Crippen LogP contribution >= 0.6 is 11.3 Å². The van der Waals surface area contributed by atoms with E-state index in [4.69, 9.17) is 5.73 Å². The zero-order valence-corrected chi connectivity index (χ0v) is 11.3. The van der Waals surface area contributed by atoms with Crippen molar-refractivity contribution in [3.05, 3.63) is 51.7 Å². The van der Waals surface area contributed by atoms with Gasteiger partial charge in [-0.3, -0.25) is 9.59 Å². The average Bonchev–Trinajstić information content (AvgIpc) is 2.77. The largest absolute Gasteiger partial charge is 0.369 e. The number of carbonyl (C=O) groups excluding carboxylic acids is 2. The number of benzene rings is 1. The molecule has 19 heavy (non-hydrogen) atoms. The van der Waals surface area contributed by atoms with Crippen molar-refractivity contribution >= 4 is 28.8 Å². The molecule has 0 fully saturated rings. The van der Waals surface area contributed by atoms with Gasteiger partial charge in [-0.25, -0.2) is 0 Å². The van der Waals surface area contributed by atoms with Gasteiger partial charge in [-0.1, -0.05) is 12.1 Å². The Bertz CT molecular complexity index is 602. The van der Waals surface area contributed by atoms with E-state index < -0.39 is 0 Å². The van der Waals surface area contributed by atoms with Crippen LogP contribution in [-0.4, -0.2) is 11.8 Å². The SMILES string of the molecule is Cc1ccsc1C(=O)Nc1ccc(CC(N)=O)cc1. The number of nitrogens with two attached hydrogens (primary N) is 1. The van der Waals surface area contributed by atoms with Crippen LogP contribution in [0, 0.1) is 6.92 Å². The molecule has 0 radical (unpaired) electrons. The monoisotopic (exact) mass is 274 g/mol. The number of rotatable bonds is 4. The van der Waals surface area contributed by atoms with E-state index in [-0.39, 0.29) is 18.2 Å². The third-order valence-corrected chi connectivity index (χ3v) is 3.67. The molecule has 2 aromatic rings. The fourth-order valence-electron chi connectivity index (χ4n) is 1.70. The Morgan fingerprint density at radius 1 is 1.21 bits per heavy atom. The van der Waals surface area contributed by atoms with Crippen molar-refractivity contribution in [3.63, 3.8) is 0 Å². The lowest BCUT2D eigenvalue weighted by molar-refractivity contribution is -0.117. The minimum Gasteiger partial charge on any atom is -0.369 e. The molecule has 0 saturated carbocycles. The number of carbonyl (C=O) groups is 2. The molecule has 0 aliphatic heterocycles.